The fourth-order valence-electron chi connectivity index (χ4n) is 3.88. The van der Waals surface area contributed by atoms with Crippen molar-refractivity contribution in [3.63, 3.8) is 0 Å². The Morgan fingerprint density at radius 2 is 1.78 bits per heavy atom. The molecular formula is C23H24N2O2. The zero-order chi connectivity index (χ0) is 18.8. The number of nitrogens with one attached hydrogen (secondary N) is 1. The first-order valence-corrected chi connectivity index (χ1v) is 9.54. The normalized spacial score (nSPS) is 19.3. The van der Waals surface area contributed by atoms with Gasteiger partial charge in [-0.15, -0.1) is 0 Å². The van der Waals surface area contributed by atoms with Crippen LogP contribution in [0.25, 0.3) is 6.08 Å². The summed E-state index contributed by atoms with van der Waals surface area (Å²) in [4.78, 5) is 26.7. The Labute approximate surface area is 159 Å². The SMILES string of the molecule is CC(=O)N1C=Cc2ccccc2C1CC(=O)NC(c1ccccc1)C1CC1. The van der Waals surface area contributed by atoms with Gasteiger partial charge in [-0.1, -0.05) is 54.6 Å². The van der Waals surface area contributed by atoms with Gasteiger partial charge >= 0.3 is 0 Å². The molecule has 4 heteroatoms. The highest BCUT2D eigenvalue weighted by atomic mass is 16.2. The van der Waals surface area contributed by atoms with Gasteiger partial charge in [-0.25, -0.2) is 0 Å². The van der Waals surface area contributed by atoms with Gasteiger partial charge in [-0.3, -0.25) is 9.59 Å². The highest BCUT2D eigenvalue weighted by Gasteiger charge is 2.35. The lowest BCUT2D eigenvalue weighted by molar-refractivity contribution is -0.130. The molecule has 0 bridgehead atoms. The van der Waals surface area contributed by atoms with E-state index in [4.69, 9.17) is 0 Å². The van der Waals surface area contributed by atoms with Crippen molar-refractivity contribution in [3.8, 4) is 0 Å². The van der Waals surface area contributed by atoms with Gasteiger partial charge in [-0.05, 0) is 41.5 Å². The molecule has 0 aromatic heterocycles. The zero-order valence-corrected chi connectivity index (χ0v) is 15.5. The molecule has 1 saturated carbocycles. The van der Waals surface area contributed by atoms with Crippen LogP contribution >= 0.6 is 0 Å². The van der Waals surface area contributed by atoms with Crippen LogP contribution in [0.5, 0.6) is 0 Å². The molecule has 4 nitrogen and oxygen atoms in total. The molecule has 1 aliphatic carbocycles. The quantitative estimate of drug-likeness (QED) is 0.868. The van der Waals surface area contributed by atoms with Crippen LogP contribution in [0.4, 0.5) is 0 Å². The second-order valence-corrected chi connectivity index (χ2v) is 7.38. The first kappa shape index (κ1) is 17.5. The molecule has 2 unspecified atom stereocenters. The number of rotatable bonds is 5. The van der Waals surface area contributed by atoms with E-state index < -0.39 is 0 Å². The summed E-state index contributed by atoms with van der Waals surface area (Å²) in [6.45, 7) is 1.54. The van der Waals surface area contributed by atoms with Crippen LogP contribution in [-0.4, -0.2) is 16.7 Å². The maximum atomic E-state index is 12.9. The summed E-state index contributed by atoms with van der Waals surface area (Å²) >= 11 is 0. The van der Waals surface area contributed by atoms with Gasteiger partial charge in [0.1, 0.15) is 0 Å². The van der Waals surface area contributed by atoms with Gasteiger partial charge in [0.15, 0.2) is 0 Å². The number of carbonyl (C=O) groups excluding carboxylic acids is 2. The molecule has 2 aromatic rings. The van der Waals surface area contributed by atoms with E-state index in [1.54, 1.807) is 18.0 Å². The maximum absolute atomic E-state index is 12.9. The smallest absolute Gasteiger partial charge is 0.223 e. The Morgan fingerprint density at radius 3 is 2.48 bits per heavy atom. The van der Waals surface area contributed by atoms with E-state index in [1.807, 2.05) is 48.5 Å². The standard InChI is InChI=1S/C23H24N2O2/c1-16(26)25-14-13-17-7-5-6-10-20(17)21(25)15-22(27)24-23(19-11-12-19)18-8-3-2-4-9-18/h2-10,13-14,19,21,23H,11-12,15H2,1H3,(H,24,27). The van der Waals surface area contributed by atoms with Crippen molar-refractivity contribution in [1.29, 1.82) is 0 Å². The lowest BCUT2D eigenvalue weighted by atomic mass is 9.93. The van der Waals surface area contributed by atoms with E-state index in [9.17, 15) is 9.59 Å². The van der Waals surface area contributed by atoms with Crippen molar-refractivity contribution in [2.45, 2.75) is 38.3 Å². The molecule has 138 valence electrons. The third kappa shape index (κ3) is 3.80. The summed E-state index contributed by atoms with van der Waals surface area (Å²) in [6, 6.07) is 17.9. The summed E-state index contributed by atoms with van der Waals surface area (Å²) in [5, 5.41) is 3.23. The van der Waals surface area contributed by atoms with Crippen molar-refractivity contribution in [2.24, 2.45) is 5.92 Å². The minimum absolute atomic E-state index is 0.0166. The van der Waals surface area contributed by atoms with Gasteiger partial charge < -0.3 is 10.2 Å². The molecule has 2 atom stereocenters. The average Bonchev–Trinajstić information content (AvgIpc) is 3.52. The molecule has 1 N–H and O–H groups in total. The minimum Gasteiger partial charge on any atom is -0.349 e. The Balaban J connectivity index is 1.54. The van der Waals surface area contributed by atoms with E-state index in [1.165, 1.54) is 0 Å². The van der Waals surface area contributed by atoms with Crippen LogP contribution in [0.15, 0.2) is 60.8 Å². The highest BCUT2D eigenvalue weighted by Crippen LogP contribution is 2.41. The van der Waals surface area contributed by atoms with Crippen LogP contribution in [0.3, 0.4) is 0 Å². The molecule has 27 heavy (non-hydrogen) atoms. The lowest BCUT2D eigenvalue weighted by Gasteiger charge is -2.32. The Bertz CT molecular complexity index is 871. The molecule has 4 rings (SSSR count). The predicted octanol–water partition coefficient (Wildman–Crippen LogP) is 4.22. The topological polar surface area (TPSA) is 49.4 Å². The summed E-state index contributed by atoms with van der Waals surface area (Å²) < 4.78 is 0. The number of amides is 2. The van der Waals surface area contributed by atoms with Crippen LogP contribution in [0, 0.1) is 5.92 Å². The van der Waals surface area contributed by atoms with Crippen LogP contribution in [0.1, 0.15) is 55.0 Å². The molecule has 2 amide bonds. The fraction of sp³-hybridized carbons (Fsp3) is 0.304. The largest absolute Gasteiger partial charge is 0.349 e. The summed E-state index contributed by atoms with van der Waals surface area (Å²) in [6.07, 6.45) is 6.28. The second-order valence-electron chi connectivity index (χ2n) is 7.38. The molecule has 0 radical (unpaired) electrons. The lowest BCUT2D eigenvalue weighted by Crippen LogP contribution is -2.36. The Hall–Kier alpha value is -2.88. The van der Waals surface area contributed by atoms with Gasteiger partial charge in [-0.2, -0.15) is 0 Å². The Kier molecular flexibility index (Phi) is 4.80. The summed E-state index contributed by atoms with van der Waals surface area (Å²) in [5.74, 6) is 0.441. The zero-order valence-electron chi connectivity index (χ0n) is 15.5. The van der Waals surface area contributed by atoms with Crippen molar-refractivity contribution < 1.29 is 9.59 Å². The van der Waals surface area contributed by atoms with Crippen LogP contribution in [-0.2, 0) is 9.59 Å². The third-order valence-electron chi connectivity index (χ3n) is 5.42. The van der Waals surface area contributed by atoms with Crippen molar-refractivity contribution in [2.75, 3.05) is 0 Å². The van der Waals surface area contributed by atoms with E-state index >= 15 is 0 Å². The molecule has 0 saturated heterocycles. The van der Waals surface area contributed by atoms with Gasteiger partial charge in [0.05, 0.1) is 18.5 Å². The summed E-state index contributed by atoms with van der Waals surface area (Å²) in [5.41, 5.74) is 3.24. The first-order valence-electron chi connectivity index (χ1n) is 9.54. The first-order chi connectivity index (χ1) is 13.1. The molecule has 2 aliphatic rings. The number of fused-ring (bicyclic) bond motifs is 1. The van der Waals surface area contributed by atoms with Crippen molar-refractivity contribution in [1.82, 2.24) is 10.2 Å². The summed E-state index contributed by atoms with van der Waals surface area (Å²) in [7, 11) is 0. The molecule has 0 spiro atoms. The molecular weight excluding hydrogens is 336 g/mol. The minimum atomic E-state index is -0.265. The number of hydrogen-bond acceptors (Lipinski definition) is 2. The average molecular weight is 360 g/mol. The molecule has 1 heterocycles. The van der Waals surface area contributed by atoms with Crippen LogP contribution < -0.4 is 5.32 Å². The van der Waals surface area contributed by atoms with E-state index in [-0.39, 0.29) is 30.3 Å². The third-order valence-corrected chi connectivity index (χ3v) is 5.42. The maximum Gasteiger partial charge on any atom is 0.223 e. The fourth-order valence-corrected chi connectivity index (χ4v) is 3.88. The van der Waals surface area contributed by atoms with E-state index in [0.717, 1.165) is 29.5 Å². The number of hydrogen-bond donors (Lipinski definition) is 1. The van der Waals surface area contributed by atoms with Gasteiger partial charge in [0, 0.05) is 13.1 Å². The molecule has 1 fully saturated rings. The Morgan fingerprint density at radius 1 is 1.07 bits per heavy atom. The number of nitrogens with zero attached hydrogens (tertiary/aromatic N) is 1. The predicted molar refractivity (Wildman–Crippen MR) is 105 cm³/mol. The van der Waals surface area contributed by atoms with Gasteiger partial charge in [0.25, 0.3) is 0 Å². The number of carbonyl (C=O) groups is 2. The van der Waals surface area contributed by atoms with Crippen LogP contribution in [0.2, 0.25) is 0 Å². The second kappa shape index (κ2) is 7.39. The monoisotopic (exact) mass is 360 g/mol. The molecule has 1 aliphatic heterocycles. The highest BCUT2D eigenvalue weighted by molar-refractivity contribution is 5.82. The van der Waals surface area contributed by atoms with E-state index in [2.05, 4.69) is 17.4 Å². The van der Waals surface area contributed by atoms with Gasteiger partial charge in [0.2, 0.25) is 11.8 Å². The van der Waals surface area contributed by atoms with Crippen molar-refractivity contribution >= 4 is 17.9 Å². The molecule has 2 aromatic carbocycles. The van der Waals surface area contributed by atoms with Crippen molar-refractivity contribution in [3.05, 3.63) is 77.5 Å². The van der Waals surface area contributed by atoms with E-state index in [0.29, 0.717) is 5.92 Å². The number of benzene rings is 2.